The summed E-state index contributed by atoms with van der Waals surface area (Å²) >= 11 is 0. The summed E-state index contributed by atoms with van der Waals surface area (Å²) in [5.41, 5.74) is -0.826. The second-order valence-corrected chi connectivity index (χ2v) is 2.81. The van der Waals surface area contributed by atoms with Crippen LogP contribution < -0.4 is 0 Å². The van der Waals surface area contributed by atoms with Crippen LogP contribution in [0.1, 0.15) is 11.1 Å². The lowest BCUT2D eigenvalue weighted by Gasteiger charge is -2.10. The van der Waals surface area contributed by atoms with Gasteiger partial charge in [-0.25, -0.2) is 4.39 Å². The minimum absolute atomic E-state index is 0.0901. The zero-order valence-corrected chi connectivity index (χ0v) is 7.24. The van der Waals surface area contributed by atoms with Crippen LogP contribution in [0.4, 0.5) is 17.6 Å². The molecule has 0 saturated heterocycles. The molecule has 0 aromatic heterocycles. The quantitative estimate of drug-likeness (QED) is 0.644. The van der Waals surface area contributed by atoms with Crippen LogP contribution in [0, 0.1) is 0 Å². The predicted molar refractivity (Wildman–Crippen MR) is 46.3 cm³/mol. The Morgan fingerprint density at radius 3 is 2.43 bits per heavy atom. The molecule has 1 aromatic carbocycles. The molecule has 0 fully saturated rings. The minimum atomic E-state index is -4.46. The van der Waals surface area contributed by atoms with E-state index in [0.717, 1.165) is 6.07 Å². The molecule has 14 heavy (non-hydrogen) atoms. The maximum Gasteiger partial charge on any atom is 0.416 e. The Balaban J connectivity index is 3.02. The van der Waals surface area contributed by atoms with Crippen molar-refractivity contribution in [3.8, 4) is 0 Å². The Labute approximate surface area is 78.9 Å². The SMILES string of the molecule is C=C(c1cccc(CF)c1)C(F)(F)F. The highest BCUT2D eigenvalue weighted by atomic mass is 19.4. The Hall–Kier alpha value is -1.32. The molecule has 0 aliphatic carbocycles. The lowest BCUT2D eigenvalue weighted by atomic mass is 10.0. The van der Waals surface area contributed by atoms with Gasteiger partial charge in [-0.15, -0.1) is 0 Å². The molecule has 4 heteroatoms. The van der Waals surface area contributed by atoms with E-state index >= 15 is 0 Å². The largest absolute Gasteiger partial charge is 0.416 e. The van der Waals surface area contributed by atoms with Gasteiger partial charge in [0.25, 0.3) is 0 Å². The van der Waals surface area contributed by atoms with Gasteiger partial charge in [0, 0.05) is 0 Å². The van der Waals surface area contributed by atoms with Crippen LogP contribution in [0.25, 0.3) is 5.57 Å². The fraction of sp³-hybridized carbons (Fsp3) is 0.200. The first kappa shape index (κ1) is 10.8. The van der Waals surface area contributed by atoms with Gasteiger partial charge in [0.05, 0.1) is 5.57 Å². The van der Waals surface area contributed by atoms with Gasteiger partial charge in [0.2, 0.25) is 0 Å². The summed E-state index contributed by atoms with van der Waals surface area (Å²) in [6.45, 7) is 2.15. The second kappa shape index (κ2) is 3.82. The van der Waals surface area contributed by atoms with E-state index in [1.54, 1.807) is 0 Å². The Kier molecular flexibility index (Phi) is 2.93. The summed E-state index contributed by atoms with van der Waals surface area (Å²) < 4.78 is 48.7. The van der Waals surface area contributed by atoms with E-state index in [-0.39, 0.29) is 11.1 Å². The zero-order chi connectivity index (χ0) is 10.8. The molecule has 0 unspecified atom stereocenters. The molecule has 0 aliphatic rings. The van der Waals surface area contributed by atoms with Crippen LogP contribution in [0.2, 0.25) is 0 Å². The molecule has 76 valence electrons. The number of hydrogen-bond acceptors (Lipinski definition) is 0. The van der Waals surface area contributed by atoms with Crippen molar-refractivity contribution < 1.29 is 17.6 Å². The normalized spacial score (nSPS) is 11.4. The van der Waals surface area contributed by atoms with E-state index in [1.165, 1.54) is 18.2 Å². The molecule has 1 rings (SSSR count). The lowest BCUT2D eigenvalue weighted by Crippen LogP contribution is -2.09. The molecule has 1 aromatic rings. The first-order chi connectivity index (χ1) is 6.45. The zero-order valence-electron chi connectivity index (χ0n) is 7.24. The molecule has 0 radical (unpaired) electrons. The third-order valence-corrected chi connectivity index (χ3v) is 1.77. The standard InChI is InChI=1S/C10H8F4/c1-7(10(12,13)14)9-4-2-3-8(5-9)6-11/h2-5H,1,6H2. The molecule has 0 saturated carbocycles. The predicted octanol–water partition coefficient (Wildman–Crippen LogP) is 3.73. The van der Waals surface area contributed by atoms with E-state index in [1.807, 2.05) is 0 Å². The van der Waals surface area contributed by atoms with Crippen molar-refractivity contribution in [2.45, 2.75) is 12.9 Å². The summed E-state index contributed by atoms with van der Waals surface area (Å²) in [6, 6.07) is 5.21. The molecule has 0 bridgehead atoms. The maximum absolute atomic E-state index is 12.2. The van der Waals surface area contributed by atoms with Crippen molar-refractivity contribution in [3.63, 3.8) is 0 Å². The van der Waals surface area contributed by atoms with Gasteiger partial charge in [-0.05, 0) is 17.2 Å². The minimum Gasteiger partial charge on any atom is -0.246 e. The van der Waals surface area contributed by atoms with Crippen molar-refractivity contribution in [2.24, 2.45) is 0 Å². The summed E-state index contributed by atoms with van der Waals surface area (Å²) in [5, 5.41) is 0. The van der Waals surface area contributed by atoms with Crippen molar-refractivity contribution in [1.82, 2.24) is 0 Å². The molecule has 0 spiro atoms. The monoisotopic (exact) mass is 204 g/mol. The van der Waals surface area contributed by atoms with Gasteiger partial charge in [-0.2, -0.15) is 13.2 Å². The van der Waals surface area contributed by atoms with Crippen LogP contribution in [0.15, 0.2) is 30.8 Å². The molecule has 0 aliphatic heterocycles. The third kappa shape index (κ3) is 2.34. The maximum atomic E-state index is 12.2. The van der Waals surface area contributed by atoms with Crippen LogP contribution in [0.3, 0.4) is 0 Å². The summed E-state index contributed by atoms with van der Waals surface area (Å²) in [4.78, 5) is 0. The van der Waals surface area contributed by atoms with Gasteiger partial charge in [0.15, 0.2) is 0 Å². The topological polar surface area (TPSA) is 0 Å². The average Bonchev–Trinajstić information content (AvgIpc) is 2.15. The number of rotatable bonds is 2. The Morgan fingerprint density at radius 2 is 1.93 bits per heavy atom. The summed E-state index contributed by atoms with van der Waals surface area (Å²) in [7, 11) is 0. The highest BCUT2D eigenvalue weighted by Gasteiger charge is 2.32. The average molecular weight is 204 g/mol. The number of halogens is 4. The van der Waals surface area contributed by atoms with Gasteiger partial charge >= 0.3 is 6.18 Å². The molecular weight excluding hydrogens is 196 g/mol. The van der Waals surface area contributed by atoms with Crippen molar-refractivity contribution in [3.05, 3.63) is 42.0 Å². The first-order valence-corrected chi connectivity index (χ1v) is 3.86. The van der Waals surface area contributed by atoms with Crippen molar-refractivity contribution >= 4 is 5.57 Å². The van der Waals surface area contributed by atoms with Gasteiger partial charge in [-0.1, -0.05) is 24.8 Å². The highest BCUT2D eigenvalue weighted by molar-refractivity contribution is 5.67. The van der Waals surface area contributed by atoms with Gasteiger partial charge in [0.1, 0.15) is 6.67 Å². The van der Waals surface area contributed by atoms with Crippen molar-refractivity contribution in [1.29, 1.82) is 0 Å². The van der Waals surface area contributed by atoms with E-state index < -0.39 is 18.4 Å². The number of allylic oxidation sites excluding steroid dienone is 1. The lowest BCUT2D eigenvalue weighted by molar-refractivity contribution is -0.0686. The molecule has 0 nitrogen and oxygen atoms in total. The fourth-order valence-electron chi connectivity index (χ4n) is 1.01. The number of hydrogen-bond donors (Lipinski definition) is 0. The van der Waals surface area contributed by atoms with Gasteiger partial charge in [-0.3, -0.25) is 0 Å². The summed E-state index contributed by atoms with van der Waals surface area (Å²) in [6.07, 6.45) is -4.46. The smallest absolute Gasteiger partial charge is 0.246 e. The number of alkyl halides is 4. The number of benzene rings is 1. The van der Waals surface area contributed by atoms with Crippen LogP contribution in [-0.4, -0.2) is 6.18 Å². The van der Waals surface area contributed by atoms with Crippen LogP contribution >= 0.6 is 0 Å². The van der Waals surface area contributed by atoms with E-state index in [4.69, 9.17) is 0 Å². The second-order valence-electron chi connectivity index (χ2n) is 2.81. The first-order valence-electron chi connectivity index (χ1n) is 3.86. The van der Waals surface area contributed by atoms with E-state index in [9.17, 15) is 17.6 Å². The molecule has 0 heterocycles. The Morgan fingerprint density at radius 1 is 1.29 bits per heavy atom. The van der Waals surface area contributed by atoms with Crippen LogP contribution in [-0.2, 0) is 6.67 Å². The molecular formula is C10H8F4. The van der Waals surface area contributed by atoms with Gasteiger partial charge < -0.3 is 0 Å². The van der Waals surface area contributed by atoms with Crippen LogP contribution in [0.5, 0.6) is 0 Å². The van der Waals surface area contributed by atoms with Crippen molar-refractivity contribution in [2.75, 3.05) is 0 Å². The summed E-state index contributed by atoms with van der Waals surface area (Å²) in [5.74, 6) is 0. The Bertz CT molecular complexity index is 338. The molecule has 0 atom stereocenters. The van der Waals surface area contributed by atoms with E-state index in [0.29, 0.717) is 0 Å². The highest BCUT2D eigenvalue weighted by Crippen LogP contribution is 2.32. The third-order valence-electron chi connectivity index (χ3n) is 1.77. The van der Waals surface area contributed by atoms with E-state index in [2.05, 4.69) is 6.58 Å². The molecule has 0 amide bonds. The molecule has 0 N–H and O–H groups in total. The fourth-order valence-corrected chi connectivity index (χ4v) is 1.01.